The van der Waals surface area contributed by atoms with Crippen molar-refractivity contribution in [2.24, 2.45) is 0 Å². The smallest absolute Gasteiger partial charge is 0.0737 e. The van der Waals surface area contributed by atoms with Crippen molar-refractivity contribution < 1.29 is 0 Å². The Morgan fingerprint density at radius 1 is 0.583 bits per heavy atom. The number of aromatic nitrogens is 1. The van der Waals surface area contributed by atoms with Crippen molar-refractivity contribution >= 4 is 39.2 Å². The molecule has 0 fully saturated rings. The van der Waals surface area contributed by atoms with Gasteiger partial charge in [-0.1, -0.05) is 115 Å². The number of anilines is 4. The summed E-state index contributed by atoms with van der Waals surface area (Å²) in [5, 5.41) is 5.19. The number of fused-ring (bicyclic) bond motifs is 9. The molecule has 0 amide bonds. The highest BCUT2D eigenvalue weighted by molar-refractivity contribution is 6.13. The first-order valence-electron chi connectivity index (χ1n) is 16.9. The fourth-order valence-corrected chi connectivity index (χ4v) is 8.23. The number of nitrogens with one attached hydrogen (secondary N) is 1. The highest BCUT2D eigenvalue weighted by Crippen LogP contribution is 2.54. The molecule has 0 saturated carbocycles. The van der Waals surface area contributed by atoms with E-state index >= 15 is 0 Å². The van der Waals surface area contributed by atoms with Gasteiger partial charge in [-0.15, -0.1) is 0 Å². The van der Waals surface area contributed by atoms with Gasteiger partial charge in [-0.3, -0.25) is 0 Å². The van der Waals surface area contributed by atoms with Gasteiger partial charge in [-0.05, 0) is 78.1 Å². The van der Waals surface area contributed by atoms with Gasteiger partial charge in [0.2, 0.25) is 0 Å². The van der Waals surface area contributed by atoms with Crippen LogP contribution in [0.1, 0.15) is 30.0 Å². The normalized spacial score (nSPS) is 15.9. The van der Waals surface area contributed by atoms with Crippen LogP contribution in [0.4, 0.5) is 22.7 Å². The number of allylic oxidation sites excluding steroid dienone is 3. The molecule has 228 valence electrons. The summed E-state index contributed by atoms with van der Waals surface area (Å²) >= 11 is 0. The van der Waals surface area contributed by atoms with Gasteiger partial charge in [-0.2, -0.15) is 0 Å². The summed E-state index contributed by atoms with van der Waals surface area (Å²) in [5.41, 5.74) is 17.4. The largest absolute Gasteiger partial charge is 0.374 e. The quantitative estimate of drug-likeness (QED) is 0.213. The fraction of sp³-hybridized carbons (Fsp3) is 0.0667. The van der Waals surface area contributed by atoms with E-state index in [1.807, 2.05) is 0 Å². The number of hydrogen-bond donors (Lipinski definition) is 1. The number of rotatable bonds is 3. The fourth-order valence-electron chi connectivity index (χ4n) is 8.23. The Morgan fingerprint density at radius 3 is 2.15 bits per heavy atom. The van der Waals surface area contributed by atoms with Gasteiger partial charge < -0.3 is 14.8 Å². The summed E-state index contributed by atoms with van der Waals surface area (Å²) in [7, 11) is 0. The molecule has 0 saturated heterocycles. The van der Waals surface area contributed by atoms with E-state index in [-0.39, 0.29) is 6.04 Å². The van der Waals surface area contributed by atoms with Gasteiger partial charge in [-0.25, -0.2) is 0 Å². The summed E-state index contributed by atoms with van der Waals surface area (Å²) in [4.78, 5) is 2.48. The Morgan fingerprint density at radius 2 is 1.27 bits per heavy atom. The highest BCUT2D eigenvalue weighted by atomic mass is 15.2. The molecule has 3 aliphatic rings. The van der Waals surface area contributed by atoms with Gasteiger partial charge in [0.15, 0.2) is 0 Å². The monoisotopic (exact) mass is 615 g/mol. The van der Waals surface area contributed by atoms with E-state index in [4.69, 9.17) is 0 Å². The lowest BCUT2D eigenvalue weighted by Gasteiger charge is -2.34. The Labute approximate surface area is 280 Å². The van der Waals surface area contributed by atoms with Crippen LogP contribution in [0.25, 0.3) is 44.5 Å². The molecule has 3 heteroatoms. The zero-order chi connectivity index (χ0) is 31.6. The second kappa shape index (κ2) is 10.8. The van der Waals surface area contributed by atoms with Gasteiger partial charge in [0.1, 0.15) is 0 Å². The predicted molar refractivity (Wildman–Crippen MR) is 200 cm³/mol. The van der Waals surface area contributed by atoms with Crippen LogP contribution in [-0.2, 0) is 0 Å². The number of benzene rings is 6. The molecule has 1 unspecified atom stereocenters. The van der Waals surface area contributed by atoms with Crippen LogP contribution in [-0.4, -0.2) is 4.57 Å². The van der Waals surface area contributed by atoms with Gasteiger partial charge in [0.25, 0.3) is 0 Å². The average Bonchev–Trinajstić information content (AvgIpc) is 3.44. The summed E-state index contributed by atoms with van der Waals surface area (Å²) in [6.45, 7) is 0. The maximum atomic E-state index is 3.94. The van der Waals surface area contributed by atoms with E-state index < -0.39 is 0 Å². The van der Waals surface area contributed by atoms with Gasteiger partial charge in [0.05, 0.1) is 28.6 Å². The van der Waals surface area contributed by atoms with Crippen LogP contribution < -0.4 is 10.2 Å². The summed E-state index contributed by atoms with van der Waals surface area (Å²) in [5.74, 6) is 0. The van der Waals surface area contributed by atoms with Crippen LogP contribution >= 0.6 is 0 Å². The highest BCUT2D eigenvalue weighted by Gasteiger charge is 2.32. The number of para-hydroxylation sites is 5. The Bertz CT molecular complexity index is 2440. The second-order valence-corrected chi connectivity index (χ2v) is 12.9. The van der Waals surface area contributed by atoms with E-state index in [9.17, 15) is 0 Å². The molecule has 48 heavy (non-hydrogen) atoms. The number of nitrogens with zero attached hydrogens (tertiary/aromatic N) is 2. The minimum atomic E-state index is 0.112. The molecule has 6 aromatic carbocycles. The maximum Gasteiger partial charge on any atom is 0.0737 e. The topological polar surface area (TPSA) is 20.2 Å². The second-order valence-electron chi connectivity index (χ2n) is 12.9. The molecule has 0 spiro atoms. The molecule has 0 bridgehead atoms. The third kappa shape index (κ3) is 4.01. The van der Waals surface area contributed by atoms with E-state index in [1.54, 1.807) is 0 Å². The third-order valence-electron chi connectivity index (χ3n) is 10.2. The van der Waals surface area contributed by atoms with Crippen LogP contribution in [0.3, 0.4) is 0 Å². The van der Waals surface area contributed by atoms with Crippen LogP contribution in [0.2, 0.25) is 0 Å². The summed E-state index contributed by atoms with van der Waals surface area (Å²) in [6, 6.07) is 55.5. The van der Waals surface area contributed by atoms with E-state index in [2.05, 4.69) is 179 Å². The van der Waals surface area contributed by atoms with Gasteiger partial charge in [0, 0.05) is 44.7 Å². The van der Waals surface area contributed by atoms with Crippen molar-refractivity contribution in [3.8, 4) is 28.1 Å². The molecule has 10 rings (SSSR count). The molecular weight excluding hydrogens is 583 g/mol. The summed E-state index contributed by atoms with van der Waals surface area (Å²) < 4.78 is 2.45. The molecule has 3 heterocycles. The molecule has 1 N–H and O–H groups in total. The first-order valence-corrected chi connectivity index (χ1v) is 16.9. The molecule has 1 aromatic heterocycles. The Hall–Kier alpha value is -6.06. The standard InChI is InChI=1S/C45H33N3/c1-2-16-31(17-3-1)48-41-27-12-8-23-37(41)43-36-22-7-11-26-40(36)47(42-28-13-9-24-38(42)45(43)48)32-18-14-15-30(29-32)44-35-21-5-4-19-33(35)34-20-6-10-25-39(34)46-44/h1-4,6-20,22-29,44,46H,5,21H2. The molecule has 7 aromatic rings. The van der Waals surface area contributed by atoms with E-state index in [1.165, 1.54) is 72.6 Å². The lowest BCUT2D eigenvalue weighted by atomic mass is 9.81. The van der Waals surface area contributed by atoms with E-state index in [0.29, 0.717) is 0 Å². The van der Waals surface area contributed by atoms with Crippen LogP contribution in [0.5, 0.6) is 0 Å². The van der Waals surface area contributed by atoms with Crippen molar-refractivity contribution in [2.75, 3.05) is 10.2 Å². The zero-order valence-electron chi connectivity index (χ0n) is 26.5. The maximum absolute atomic E-state index is 3.94. The van der Waals surface area contributed by atoms with Crippen molar-refractivity contribution in [1.29, 1.82) is 0 Å². The van der Waals surface area contributed by atoms with Crippen molar-refractivity contribution in [3.05, 3.63) is 181 Å². The Kier molecular flexibility index (Phi) is 6.07. The average molecular weight is 616 g/mol. The zero-order valence-corrected chi connectivity index (χ0v) is 26.5. The first kappa shape index (κ1) is 27.1. The van der Waals surface area contributed by atoms with Gasteiger partial charge >= 0.3 is 0 Å². The molecule has 0 radical (unpaired) electrons. The van der Waals surface area contributed by atoms with E-state index in [0.717, 1.165) is 24.2 Å². The lowest BCUT2D eigenvalue weighted by Crippen LogP contribution is -2.21. The Balaban J connectivity index is 1.21. The molecule has 2 aliphatic heterocycles. The third-order valence-corrected chi connectivity index (χ3v) is 10.2. The molecular formula is C45H33N3. The van der Waals surface area contributed by atoms with Crippen LogP contribution in [0.15, 0.2) is 169 Å². The lowest BCUT2D eigenvalue weighted by molar-refractivity contribution is 0.807. The van der Waals surface area contributed by atoms with Crippen molar-refractivity contribution in [2.45, 2.75) is 18.9 Å². The minimum Gasteiger partial charge on any atom is -0.374 e. The van der Waals surface area contributed by atoms with Crippen LogP contribution in [0, 0.1) is 0 Å². The predicted octanol–water partition coefficient (Wildman–Crippen LogP) is 12.0. The summed E-state index contributed by atoms with van der Waals surface area (Å²) in [6.07, 6.45) is 6.79. The SMILES string of the molecule is C1=CC2=C(CC1)C(c1cccc(N3c4ccccc4-c4c(n(-c5ccccc5)c5ccccc45)-c4ccccc43)c1)Nc1ccccc12. The van der Waals surface area contributed by atoms with Crippen molar-refractivity contribution in [1.82, 2.24) is 4.57 Å². The van der Waals surface area contributed by atoms with Crippen molar-refractivity contribution in [3.63, 3.8) is 0 Å². The molecule has 3 nitrogen and oxygen atoms in total. The first-order chi connectivity index (χ1) is 23.8. The molecule has 1 aliphatic carbocycles. The molecule has 1 atom stereocenters. The number of hydrogen-bond acceptors (Lipinski definition) is 2. The minimum absolute atomic E-state index is 0.112.